The van der Waals surface area contributed by atoms with Crippen molar-refractivity contribution in [2.24, 2.45) is 0 Å². The summed E-state index contributed by atoms with van der Waals surface area (Å²) in [7, 11) is 1.62. The molecule has 0 amide bonds. The second-order valence-electron chi connectivity index (χ2n) is 10.3. The van der Waals surface area contributed by atoms with Gasteiger partial charge in [0.15, 0.2) is 5.76 Å². The van der Waals surface area contributed by atoms with Gasteiger partial charge >= 0.3 is 0 Å². The van der Waals surface area contributed by atoms with Crippen molar-refractivity contribution in [1.82, 2.24) is 15.0 Å². The molecule has 210 valence electrons. The lowest BCUT2D eigenvalue weighted by molar-refractivity contribution is 0.0629. The van der Waals surface area contributed by atoms with Gasteiger partial charge < -0.3 is 29.0 Å². The van der Waals surface area contributed by atoms with Crippen molar-refractivity contribution in [2.45, 2.75) is 38.7 Å². The number of benzene rings is 2. The zero-order valence-electron chi connectivity index (χ0n) is 23.3. The molecule has 0 aliphatic carbocycles. The quantitative estimate of drug-likeness (QED) is 0.180. The van der Waals surface area contributed by atoms with Crippen LogP contribution in [0.2, 0.25) is 0 Å². The van der Waals surface area contributed by atoms with E-state index in [1.54, 1.807) is 43.7 Å². The summed E-state index contributed by atoms with van der Waals surface area (Å²) in [6, 6.07) is 14.5. The van der Waals surface area contributed by atoms with E-state index in [0.717, 1.165) is 47.8 Å². The topological polar surface area (TPSA) is 106 Å². The van der Waals surface area contributed by atoms with Crippen molar-refractivity contribution in [1.29, 1.82) is 5.41 Å². The summed E-state index contributed by atoms with van der Waals surface area (Å²) < 4.78 is 23.8. The molecule has 1 fully saturated rings. The normalized spacial score (nSPS) is 15.0. The van der Waals surface area contributed by atoms with E-state index < -0.39 is 0 Å². The van der Waals surface area contributed by atoms with E-state index in [9.17, 15) is 0 Å². The first-order chi connectivity index (χ1) is 19.9. The van der Waals surface area contributed by atoms with Gasteiger partial charge in [0.25, 0.3) is 0 Å². The minimum absolute atomic E-state index is 0.146. The number of hydrogen-bond donors (Lipinski definition) is 2. The van der Waals surface area contributed by atoms with Gasteiger partial charge in [-0.1, -0.05) is 29.8 Å². The van der Waals surface area contributed by atoms with Gasteiger partial charge in [-0.2, -0.15) is 0 Å². The first kappa shape index (κ1) is 27.0. The van der Waals surface area contributed by atoms with Gasteiger partial charge in [0.2, 0.25) is 0 Å². The highest BCUT2D eigenvalue weighted by atomic mass is 32.1. The molecule has 6 rings (SSSR count). The number of fused-ring (bicyclic) bond motifs is 1. The van der Waals surface area contributed by atoms with Crippen molar-refractivity contribution in [2.75, 3.05) is 20.3 Å². The number of methoxy groups -OCH3 is 1. The number of H-pyrrole nitrogens is 1. The lowest BCUT2D eigenvalue weighted by Gasteiger charge is -2.36. The summed E-state index contributed by atoms with van der Waals surface area (Å²) >= 11 is 1.69. The third kappa shape index (κ3) is 5.55. The standard InChI is InChI=1S/C32H32N4O4S/c1-20-4-7-22(8-5-20)32(10-12-38-13-11-32)31-35-23(19-41-31)18-39-27-14-24(37-3)15-28-25(27)16-29(40-28)26-17-34-30(36-26)9-6-21(2)33/h4-9,14-17,19,33H,10-13,18H2,1-3H3,(H,34,36)/b9-6-,33-21?. The Morgan fingerprint density at radius 3 is 2.73 bits per heavy atom. The lowest BCUT2D eigenvalue weighted by atomic mass is 9.74. The summed E-state index contributed by atoms with van der Waals surface area (Å²) in [6.07, 6.45) is 6.98. The van der Waals surface area contributed by atoms with Crippen LogP contribution >= 0.6 is 11.3 Å². The Labute approximate surface area is 242 Å². The molecule has 0 atom stereocenters. The van der Waals surface area contributed by atoms with Crippen LogP contribution in [0.5, 0.6) is 11.5 Å². The van der Waals surface area contributed by atoms with Crippen molar-refractivity contribution >= 4 is 34.1 Å². The SMILES string of the molecule is COc1cc(OCc2csc(C3(c4ccc(C)cc4)CCOCC3)n2)c2cc(-c3cnc(/C=C\C(C)=N)[nH]3)oc2c1. The highest BCUT2D eigenvalue weighted by Crippen LogP contribution is 2.43. The number of furan rings is 1. The molecule has 4 heterocycles. The molecule has 1 saturated heterocycles. The molecule has 5 aromatic rings. The predicted molar refractivity (Wildman–Crippen MR) is 161 cm³/mol. The number of ether oxygens (including phenoxy) is 3. The molecule has 2 N–H and O–H groups in total. The maximum Gasteiger partial charge on any atom is 0.153 e. The molecular weight excluding hydrogens is 536 g/mol. The number of aryl methyl sites for hydroxylation is 1. The number of imidazole rings is 1. The van der Waals surface area contributed by atoms with Crippen LogP contribution in [0.15, 0.2) is 64.5 Å². The molecule has 0 unspecified atom stereocenters. The number of aromatic amines is 1. The Morgan fingerprint density at radius 2 is 1.98 bits per heavy atom. The number of thiazole rings is 1. The van der Waals surface area contributed by atoms with Gasteiger partial charge in [-0.25, -0.2) is 9.97 Å². The maximum absolute atomic E-state index is 7.58. The Hall–Kier alpha value is -4.21. The third-order valence-corrected chi connectivity index (χ3v) is 8.54. The smallest absolute Gasteiger partial charge is 0.153 e. The minimum Gasteiger partial charge on any atom is -0.496 e. The number of nitrogens with one attached hydrogen (secondary N) is 2. The fraction of sp³-hybridized carbons (Fsp3) is 0.281. The van der Waals surface area contributed by atoms with Gasteiger partial charge in [0.1, 0.15) is 40.2 Å². The van der Waals surface area contributed by atoms with Crippen LogP contribution in [0.4, 0.5) is 0 Å². The van der Waals surface area contributed by atoms with Crippen LogP contribution in [-0.2, 0) is 16.8 Å². The Balaban J connectivity index is 1.26. The van der Waals surface area contributed by atoms with Gasteiger partial charge in [-0.3, -0.25) is 0 Å². The molecule has 41 heavy (non-hydrogen) atoms. The summed E-state index contributed by atoms with van der Waals surface area (Å²) in [4.78, 5) is 12.7. The van der Waals surface area contributed by atoms with Gasteiger partial charge in [-0.15, -0.1) is 11.3 Å². The second kappa shape index (κ2) is 11.3. The Morgan fingerprint density at radius 1 is 1.17 bits per heavy atom. The molecule has 2 aromatic carbocycles. The zero-order chi connectivity index (χ0) is 28.4. The lowest BCUT2D eigenvalue weighted by Crippen LogP contribution is -2.35. The highest BCUT2D eigenvalue weighted by molar-refractivity contribution is 7.09. The molecule has 0 radical (unpaired) electrons. The molecule has 1 aliphatic heterocycles. The molecule has 0 bridgehead atoms. The second-order valence-corrected chi connectivity index (χ2v) is 11.2. The Kier molecular flexibility index (Phi) is 7.47. The summed E-state index contributed by atoms with van der Waals surface area (Å²) in [5, 5.41) is 11.6. The van der Waals surface area contributed by atoms with E-state index >= 15 is 0 Å². The van der Waals surface area contributed by atoms with Crippen molar-refractivity contribution in [3.05, 3.63) is 87.8 Å². The highest BCUT2D eigenvalue weighted by Gasteiger charge is 2.39. The molecular formula is C32H32N4O4S. The monoisotopic (exact) mass is 568 g/mol. The van der Waals surface area contributed by atoms with E-state index in [2.05, 4.69) is 46.5 Å². The molecule has 3 aromatic heterocycles. The van der Waals surface area contributed by atoms with E-state index in [1.807, 2.05) is 18.2 Å². The van der Waals surface area contributed by atoms with Crippen LogP contribution in [0.1, 0.15) is 47.4 Å². The number of rotatable bonds is 9. The average molecular weight is 569 g/mol. The Bertz CT molecular complexity index is 1710. The molecule has 9 heteroatoms. The van der Waals surface area contributed by atoms with E-state index in [-0.39, 0.29) is 5.41 Å². The maximum atomic E-state index is 7.58. The molecule has 8 nitrogen and oxygen atoms in total. The van der Waals surface area contributed by atoms with E-state index in [0.29, 0.717) is 41.0 Å². The fourth-order valence-corrected chi connectivity index (χ4v) is 6.25. The van der Waals surface area contributed by atoms with Crippen molar-refractivity contribution in [3.8, 4) is 23.0 Å². The van der Waals surface area contributed by atoms with E-state index in [1.165, 1.54) is 11.1 Å². The van der Waals surface area contributed by atoms with Gasteiger partial charge in [-0.05, 0) is 50.5 Å². The van der Waals surface area contributed by atoms with Crippen LogP contribution < -0.4 is 9.47 Å². The fourth-order valence-electron chi connectivity index (χ4n) is 5.17. The number of hydrogen-bond acceptors (Lipinski definition) is 8. The largest absolute Gasteiger partial charge is 0.496 e. The first-order valence-corrected chi connectivity index (χ1v) is 14.4. The number of aromatic nitrogens is 3. The van der Waals surface area contributed by atoms with Crippen LogP contribution in [0, 0.1) is 12.3 Å². The molecule has 0 spiro atoms. The summed E-state index contributed by atoms with van der Waals surface area (Å²) in [6.45, 7) is 5.60. The summed E-state index contributed by atoms with van der Waals surface area (Å²) in [5.74, 6) is 2.57. The summed E-state index contributed by atoms with van der Waals surface area (Å²) in [5.41, 5.74) is 5.11. The number of allylic oxidation sites excluding steroid dienone is 1. The van der Waals surface area contributed by atoms with Gasteiger partial charge in [0.05, 0.1) is 29.8 Å². The first-order valence-electron chi connectivity index (χ1n) is 13.6. The minimum atomic E-state index is -0.146. The molecule has 0 saturated carbocycles. The zero-order valence-corrected chi connectivity index (χ0v) is 24.1. The predicted octanol–water partition coefficient (Wildman–Crippen LogP) is 7.32. The number of nitrogens with zero attached hydrogens (tertiary/aromatic N) is 2. The van der Waals surface area contributed by atoms with Crippen LogP contribution in [0.25, 0.3) is 28.5 Å². The third-order valence-electron chi connectivity index (χ3n) is 7.45. The van der Waals surface area contributed by atoms with Crippen LogP contribution in [0.3, 0.4) is 0 Å². The van der Waals surface area contributed by atoms with Crippen LogP contribution in [-0.4, -0.2) is 41.0 Å². The van der Waals surface area contributed by atoms with Crippen molar-refractivity contribution < 1.29 is 18.6 Å². The van der Waals surface area contributed by atoms with Gasteiger partial charge in [0, 0.05) is 36.4 Å². The molecule has 1 aliphatic rings. The van der Waals surface area contributed by atoms with E-state index in [4.69, 9.17) is 29.0 Å². The average Bonchev–Trinajstić information content (AvgIpc) is 3.75. The van der Waals surface area contributed by atoms with Crippen molar-refractivity contribution in [3.63, 3.8) is 0 Å².